The first-order valence-corrected chi connectivity index (χ1v) is 8.82. The lowest BCUT2D eigenvalue weighted by Crippen LogP contribution is -2.42. The molecule has 0 aliphatic heterocycles. The molecule has 4 nitrogen and oxygen atoms in total. The average molecular weight is 376 g/mol. The number of aromatic amines is 1. The number of para-hydroxylation sites is 1. The zero-order chi connectivity index (χ0) is 17.8. The van der Waals surface area contributed by atoms with E-state index in [2.05, 4.69) is 16.4 Å². The van der Waals surface area contributed by atoms with Crippen molar-refractivity contribution in [2.45, 2.75) is 18.9 Å². The van der Waals surface area contributed by atoms with Gasteiger partial charge in [-0.3, -0.25) is 4.79 Å². The first-order valence-electron chi connectivity index (χ1n) is 8.07. The molecule has 0 fully saturated rings. The average Bonchev–Trinajstić information content (AvgIpc) is 3.00. The summed E-state index contributed by atoms with van der Waals surface area (Å²) in [5.41, 5.74) is 9.07. The summed E-state index contributed by atoms with van der Waals surface area (Å²) in [5.74, 6) is -0.189. The van der Waals surface area contributed by atoms with Gasteiger partial charge in [-0.2, -0.15) is 0 Å². The monoisotopic (exact) mass is 375 g/mol. The molecule has 0 aliphatic carbocycles. The highest BCUT2D eigenvalue weighted by Gasteiger charge is 2.15. The van der Waals surface area contributed by atoms with E-state index in [1.165, 1.54) is 10.9 Å². The minimum Gasteiger partial charge on any atom is -0.361 e. The molecule has 0 unspecified atom stereocenters. The molecule has 0 saturated heterocycles. The Morgan fingerprint density at radius 1 is 1.16 bits per heavy atom. The first-order chi connectivity index (χ1) is 12.0. The van der Waals surface area contributed by atoms with Gasteiger partial charge in [-0.05, 0) is 42.2 Å². The lowest BCUT2D eigenvalue weighted by Gasteiger charge is -2.13. The molecule has 0 radical (unpaired) electrons. The number of H-pyrrole nitrogens is 1. The summed E-state index contributed by atoms with van der Waals surface area (Å²) in [6.45, 7) is 0.530. The summed E-state index contributed by atoms with van der Waals surface area (Å²) in [5, 5.41) is 5.15. The molecular formula is C19H19Cl2N3O. The maximum absolute atomic E-state index is 12.2. The molecule has 6 heteroatoms. The van der Waals surface area contributed by atoms with Gasteiger partial charge in [0.25, 0.3) is 0 Å². The number of hydrogen-bond donors (Lipinski definition) is 3. The van der Waals surface area contributed by atoms with Crippen LogP contribution in [-0.4, -0.2) is 23.5 Å². The van der Waals surface area contributed by atoms with Gasteiger partial charge in [-0.15, -0.1) is 0 Å². The topological polar surface area (TPSA) is 70.9 Å². The highest BCUT2D eigenvalue weighted by atomic mass is 35.5. The number of nitrogens with one attached hydrogen (secondary N) is 2. The van der Waals surface area contributed by atoms with E-state index in [1.54, 1.807) is 18.2 Å². The van der Waals surface area contributed by atoms with Gasteiger partial charge < -0.3 is 16.0 Å². The number of fused-ring (bicyclic) bond motifs is 1. The number of carbonyl (C=O) groups excluding carboxylic acids is 1. The lowest BCUT2D eigenvalue weighted by molar-refractivity contribution is -0.122. The maximum Gasteiger partial charge on any atom is 0.237 e. The molecular weight excluding hydrogens is 357 g/mol. The number of carbonyl (C=O) groups is 1. The van der Waals surface area contributed by atoms with E-state index in [0.717, 1.165) is 17.5 Å². The van der Waals surface area contributed by atoms with Gasteiger partial charge in [-0.1, -0.05) is 47.5 Å². The van der Waals surface area contributed by atoms with Gasteiger partial charge in [-0.25, -0.2) is 0 Å². The minimum absolute atomic E-state index is 0.189. The largest absolute Gasteiger partial charge is 0.361 e. The molecule has 1 aromatic heterocycles. The van der Waals surface area contributed by atoms with Crippen molar-refractivity contribution in [3.8, 4) is 0 Å². The Hall–Kier alpha value is -2.01. The SMILES string of the molecule is N[C@H](Cc1ccc(Cl)cc1Cl)C(=O)NCCc1c[nH]c2ccccc12. The molecule has 1 atom stereocenters. The van der Waals surface area contributed by atoms with E-state index in [1.807, 2.05) is 24.4 Å². The fourth-order valence-electron chi connectivity index (χ4n) is 2.81. The fourth-order valence-corrected chi connectivity index (χ4v) is 3.29. The van der Waals surface area contributed by atoms with Crippen LogP contribution < -0.4 is 11.1 Å². The van der Waals surface area contributed by atoms with Crippen LogP contribution in [0.25, 0.3) is 10.9 Å². The summed E-state index contributed by atoms with van der Waals surface area (Å²) < 4.78 is 0. The van der Waals surface area contributed by atoms with Crippen molar-refractivity contribution in [2.24, 2.45) is 5.73 Å². The van der Waals surface area contributed by atoms with Crippen molar-refractivity contribution in [1.29, 1.82) is 0 Å². The standard InChI is InChI=1S/C19H19Cl2N3O/c20-14-6-5-12(16(21)10-14)9-17(22)19(25)23-8-7-13-11-24-18-4-2-1-3-15(13)18/h1-6,10-11,17,24H,7-9,22H2,(H,23,25)/t17-/m1/s1. The Morgan fingerprint density at radius 2 is 1.96 bits per heavy atom. The van der Waals surface area contributed by atoms with Crippen molar-refractivity contribution in [3.05, 3.63) is 69.8 Å². The third-order valence-electron chi connectivity index (χ3n) is 4.16. The van der Waals surface area contributed by atoms with Crippen LogP contribution in [0.1, 0.15) is 11.1 Å². The molecule has 1 amide bonds. The van der Waals surface area contributed by atoms with Crippen LogP contribution in [0.4, 0.5) is 0 Å². The lowest BCUT2D eigenvalue weighted by atomic mass is 10.1. The van der Waals surface area contributed by atoms with Crippen molar-refractivity contribution < 1.29 is 4.79 Å². The second kappa shape index (κ2) is 7.91. The van der Waals surface area contributed by atoms with Crippen LogP contribution in [0.2, 0.25) is 10.0 Å². The predicted octanol–water partition coefficient (Wildman–Crippen LogP) is 3.70. The van der Waals surface area contributed by atoms with Crippen LogP contribution in [0, 0.1) is 0 Å². The van der Waals surface area contributed by atoms with Crippen molar-refractivity contribution in [1.82, 2.24) is 10.3 Å². The van der Waals surface area contributed by atoms with E-state index < -0.39 is 6.04 Å². The number of aromatic nitrogens is 1. The maximum atomic E-state index is 12.2. The Bertz CT molecular complexity index is 891. The molecule has 0 aliphatic rings. The Kier molecular flexibility index (Phi) is 5.63. The molecule has 25 heavy (non-hydrogen) atoms. The third-order valence-corrected chi connectivity index (χ3v) is 4.75. The molecule has 0 saturated carbocycles. The van der Waals surface area contributed by atoms with Crippen LogP contribution in [0.3, 0.4) is 0 Å². The van der Waals surface area contributed by atoms with Crippen LogP contribution >= 0.6 is 23.2 Å². The third kappa shape index (κ3) is 4.34. The highest BCUT2D eigenvalue weighted by Crippen LogP contribution is 2.22. The number of halogens is 2. The van der Waals surface area contributed by atoms with Crippen LogP contribution in [0.5, 0.6) is 0 Å². The van der Waals surface area contributed by atoms with Crippen molar-refractivity contribution in [2.75, 3.05) is 6.54 Å². The Labute approximate surface area is 156 Å². The minimum atomic E-state index is -0.651. The van der Waals surface area contributed by atoms with Gasteiger partial charge in [0.15, 0.2) is 0 Å². The van der Waals surface area contributed by atoms with E-state index in [0.29, 0.717) is 23.0 Å². The number of benzene rings is 2. The molecule has 0 bridgehead atoms. The van der Waals surface area contributed by atoms with Gasteiger partial charge in [0.1, 0.15) is 0 Å². The predicted molar refractivity (Wildman–Crippen MR) is 103 cm³/mol. The number of hydrogen-bond acceptors (Lipinski definition) is 2. The zero-order valence-electron chi connectivity index (χ0n) is 13.6. The molecule has 4 N–H and O–H groups in total. The quantitative estimate of drug-likeness (QED) is 0.614. The van der Waals surface area contributed by atoms with Crippen LogP contribution in [0.15, 0.2) is 48.7 Å². The van der Waals surface area contributed by atoms with Crippen LogP contribution in [-0.2, 0) is 17.6 Å². The van der Waals surface area contributed by atoms with E-state index >= 15 is 0 Å². The molecule has 1 heterocycles. The van der Waals surface area contributed by atoms with E-state index in [4.69, 9.17) is 28.9 Å². The van der Waals surface area contributed by atoms with E-state index in [-0.39, 0.29) is 5.91 Å². The van der Waals surface area contributed by atoms with E-state index in [9.17, 15) is 4.79 Å². The Balaban J connectivity index is 1.53. The van der Waals surface area contributed by atoms with Gasteiger partial charge >= 0.3 is 0 Å². The summed E-state index contributed by atoms with van der Waals surface area (Å²) in [4.78, 5) is 15.4. The molecule has 3 rings (SSSR count). The van der Waals surface area contributed by atoms with Crippen molar-refractivity contribution in [3.63, 3.8) is 0 Å². The zero-order valence-corrected chi connectivity index (χ0v) is 15.1. The smallest absolute Gasteiger partial charge is 0.237 e. The van der Waals surface area contributed by atoms with Gasteiger partial charge in [0, 0.05) is 33.7 Å². The number of rotatable bonds is 6. The highest BCUT2D eigenvalue weighted by molar-refractivity contribution is 6.35. The normalized spacial score (nSPS) is 12.3. The molecule has 3 aromatic rings. The molecule has 0 spiro atoms. The summed E-state index contributed by atoms with van der Waals surface area (Å²) in [6, 6.07) is 12.6. The number of amides is 1. The Morgan fingerprint density at radius 3 is 2.76 bits per heavy atom. The summed E-state index contributed by atoms with van der Waals surface area (Å²) in [7, 11) is 0. The second-order valence-corrected chi connectivity index (χ2v) is 6.79. The van der Waals surface area contributed by atoms with Gasteiger partial charge in [0.2, 0.25) is 5.91 Å². The van der Waals surface area contributed by atoms with Crippen molar-refractivity contribution >= 4 is 40.0 Å². The number of nitrogens with two attached hydrogens (primary N) is 1. The summed E-state index contributed by atoms with van der Waals surface area (Å²) >= 11 is 12.0. The summed E-state index contributed by atoms with van der Waals surface area (Å²) in [6.07, 6.45) is 3.09. The van der Waals surface area contributed by atoms with Gasteiger partial charge in [0.05, 0.1) is 6.04 Å². The molecule has 2 aromatic carbocycles. The first kappa shape index (κ1) is 17.8. The fraction of sp³-hybridized carbons (Fsp3) is 0.211. The molecule has 130 valence electrons. The second-order valence-electron chi connectivity index (χ2n) is 5.95.